The van der Waals surface area contributed by atoms with Crippen LogP contribution in [0.5, 0.6) is 0 Å². The molecule has 8 N–H and O–H groups in total. The molecule has 0 aliphatic rings. The molecule has 0 heterocycles. The zero-order chi connectivity index (χ0) is 41.3. The van der Waals surface area contributed by atoms with Crippen LogP contribution in [0.2, 0.25) is 0 Å². The molecule has 1 aromatic carbocycles. The normalized spacial score (nSPS) is 13.2. The number of nitrogens with one attached hydrogen (secondary N) is 4. The summed E-state index contributed by atoms with van der Waals surface area (Å²) in [5.74, 6) is -2.17. The molecular formula is C40H68N6O9. The lowest BCUT2D eigenvalue weighted by Crippen LogP contribution is -2.42. The van der Waals surface area contributed by atoms with E-state index >= 15 is 0 Å². The molecular weight excluding hydrogens is 708 g/mol. The van der Waals surface area contributed by atoms with Crippen LogP contribution in [0.15, 0.2) is 30.3 Å². The maximum atomic E-state index is 13.2. The van der Waals surface area contributed by atoms with E-state index < -0.39 is 53.2 Å². The second-order valence-corrected chi connectivity index (χ2v) is 15.7. The van der Waals surface area contributed by atoms with Gasteiger partial charge in [0.2, 0.25) is 11.8 Å². The first-order valence-electron chi connectivity index (χ1n) is 19.6. The molecule has 15 heteroatoms. The summed E-state index contributed by atoms with van der Waals surface area (Å²) in [7, 11) is 0. The van der Waals surface area contributed by atoms with Gasteiger partial charge in [0.25, 0.3) is 0 Å². The predicted octanol–water partition coefficient (Wildman–Crippen LogP) is 4.19. The standard InChI is InChI=1S/C40H68N6O9/c1-39(2,3)54-37(51)45-25-21-33(47)31(41)19-14-23-43-35(49)30(18-12-7-8-13-27-53-28-29-16-10-9-11-17-29)36(50)44-24-15-20-32(42)34(48)22-26-46-38(52)55-40(4,5)6/h9-11,16-17,30-32H,7-8,12-15,18-28,41-42H2,1-6H3,(H,43,49)(H,44,50)(H,45,51)(H,46,52). The molecule has 0 fully saturated rings. The van der Waals surface area contributed by atoms with Gasteiger partial charge in [0.05, 0.1) is 18.7 Å². The molecule has 312 valence electrons. The number of rotatable bonds is 27. The molecule has 55 heavy (non-hydrogen) atoms. The van der Waals surface area contributed by atoms with Gasteiger partial charge in [0.15, 0.2) is 11.6 Å². The summed E-state index contributed by atoms with van der Waals surface area (Å²) in [4.78, 5) is 74.9. The maximum Gasteiger partial charge on any atom is 0.407 e. The van der Waals surface area contributed by atoms with E-state index in [2.05, 4.69) is 21.3 Å². The molecule has 0 saturated heterocycles. The number of amides is 4. The Hall–Kier alpha value is -4.08. The Kier molecular flexibility index (Phi) is 23.7. The zero-order valence-corrected chi connectivity index (χ0v) is 34.0. The van der Waals surface area contributed by atoms with Crippen molar-refractivity contribution in [2.24, 2.45) is 17.4 Å². The number of nitrogens with two attached hydrogens (primary N) is 2. The topological polar surface area (TPSA) is 230 Å². The highest BCUT2D eigenvalue weighted by Gasteiger charge is 2.26. The first-order valence-corrected chi connectivity index (χ1v) is 19.6. The number of benzene rings is 1. The predicted molar refractivity (Wildman–Crippen MR) is 211 cm³/mol. The van der Waals surface area contributed by atoms with Crippen molar-refractivity contribution in [3.63, 3.8) is 0 Å². The zero-order valence-electron chi connectivity index (χ0n) is 34.0. The molecule has 2 unspecified atom stereocenters. The van der Waals surface area contributed by atoms with Crippen LogP contribution in [0, 0.1) is 5.92 Å². The van der Waals surface area contributed by atoms with Gasteiger partial charge >= 0.3 is 12.2 Å². The molecule has 1 rings (SSSR count). The van der Waals surface area contributed by atoms with Crippen LogP contribution in [0.25, 0.3) is 0 Å². The Morgan fingerprint density at radius 2 is 1.04 bits per heavy atom. The van der Waals surface area contributed by atoms with Crippen LogP contribution in [0.4, 0.5) is 9.59 Å². The Labute approximate surface area is 327 Å². The average molecular weight is 777 g/mol. The maximum absolute atomic E-state index is 13.2. The van der Waals surface area contributed by atoms with E-state index in [-0.39, 0.29) is 50.6 Å². The van der Waals surface area contributed by atoms with E-state index in [1.165, 1.54) is 0 Å². The average Bonchev–Trinajstić information content (AvgIpc) is 3.09. The van der Waals surface area contributed by atoms with E-state index in [0.717, 1.165) is 24.8 Å². The summed E-state index contributed by atoms with van der Waals surface area (Å²) in [6.07, 6.45) is 3.99. The van der Waals surface area contributed by atoms with Crippen LogP contribution in [-0.4, -0.2) is 91.6 Å². The molecule has 2 atom stereocenters. The Morgan fingerprint density at radius 3 is 1.49 bits per heavy atom. The van der Waals surface area contributed by atoms with Crippen molar-refractivity contribution in [1.29, 1.82) is 0 Å². The smallest absolute Gasteiger partial charge is 0.407 e. The summed E-state index contributed by atoms with van der Waals surface area (Å²) in [5.41, 5.74) is 11.9. The van der Waals surface area contributed by atoms with Crippen molar-refractivity contribution in [1.82, 2.24) is 21.3 Å². The van der Waals surface area contributed by atoms with E-state index in [0.29, 0.717) is 51.7 Å². The SMILES string of the molecule is CC(C)(C)OC(=O)NCCC(=O)C(N)CCCNC(=O)C(CCCCCCOCc1ccccc1)C(=O)NCCCC(N)C(=O)CCNC(=O)OC(C)(C)C. The first kappa shape index (κ1) is 48.9. The van der Waals surface area contributed by atoms with Crippen molar-refractivity contribution in [2.75, 3.05) is 32.8 Å². The molecule has 0 aliphatic heterocycles. The fraction of sp³-hybridized carbons (Fsp3) is 0.700. The number of ketones is 2. The van der Waals surface area contributed by atoms with E-state index in [4.69, 9.17) is 25.7 Å². The van der Waals surface area contributed by atoms with Crippen molar-refractivity contribution in [3.8, 4) is 0 Å². The lowest BCUT2D eigenvalue weighted by molar-refractivity contribution is -0.135. The van der Waals surface area contributed by atoms with Crippen LogP contribution in [0.3, 0.4) is 0 Å². The largest absolute Gasteiger partial charge is 0.444 e. The second-order valence-electron chi connectivity index (χ2n) is 15.7. The van der Waals surface area contributed by atoms with E-state index in [1.54, 1.807) is 41.5 Å². The number of carbonyl (C=O) groups is 6. The summed E-state index contributed by atoms with van der Waals surface area (Å²) in [6.45, 7) is 12.3. The second kappa shape index (κ2) is 26.7. The molecule has 0 spiro atoms. The minimum Gasteiger partial charge on any atom is -0.444 e. The van der Waals surface area contributed by atoms with Crippen molar-refractivity contribution < 1.29 is 43.0 Å². The number of hydrogen-bond donors (Lipinski definition) is 6. The molecule has 1 aromatic rings. The molecule has 0 radical (unpaired) electrons. The Bertz CT molecular complexity index is 1240. The highest BCUT2D eigenvalue weighted by Crippen LogP contribution is 2.14. The highest BCUT2D eigenvalue weighted by atomic mass is 16.6. The van der Waals surface area contributed by atoms with E-state index in [9.17, 15) is 28.8 Å². The molecule has 0 saturated carbocycles. The minimum absolute atomic E-state index is 0.0541. The third kappa shape index (κ3) is 25.6. The molecule has 0 aliphatic carbocycles. The summed E-state index contributed by atoms with van der Waals surface area (Å²) >= 11 is 0. The highest BCUT2D eigenvalue weighted by molar-refractivity contribution is 6.00. The lowest BCUT2D eigenvalue weighted by atomic mass is 9.98. The summed E-state index contributed by atoms with van der Waals surface area (Å²) in [6, 6.07) is 8.43. The lowest BCUT2D eigenvalue weighted by Gasteiger charge is -2.20. The third-order valence-electron chi connectivity index (χ3n) is 8.16. The van der Waals surface area contributed by atoms with Crippen LogP contribution in [0.1, 0.15) is 118 Å². The van der Waals surface area contributed by atoms with Gasteiger partial charge in [-0.15, -0.1) is 0 Å². The number of ether oxygens (including phenoxy) is 3. The number of Topliss-reactive ketones (excluding diaryl/α,β-unsaturated/α-hetero) is 2. The van der Waals surface area contributed by atoms with Gasteiger partial charge in [-0.05, 0) is 85.6 Å². The quantitative estimate of drug-likeness (QED) is 0.0548. The molecule has 0 bridgehead atoms. The third-order valence-corrected chi connectivity index (χ3v) is 8.16. The van der Waals surface area contributed by atoms with Gasteiger partial charge in [-0.1, -0.05) is 49.6 Å². The van der Waals surface area contributed by atoms with Crippen molar-refractivity contribution in [2.45, 2.75) is 142 Å². The Morgan fingerprint density at radius 1 is 0.582 bits per heavy atom. The van der Waals surface area contributed by atoms with Crippen LogP contribution >= 0.6 is 0 Å². The van der Waals surface area contributed by atoms with E-state index in [1.807, 2.05) is 30.3 Å². The van der Waals surface area contributed by atoms with Gasteiger partial charge in [-0.25, -0.2) is 9.59 Å². The van der Waals surface area contributed by atoms with Crippen molar-refractivity contribution in [3.05, 3.63) is 35.9 Å². The number of alkyl carbamates (subject to hydrolysis) is 2. The van der Waals surface area contributed by atoms with Gasteiger partial charge in [0, 0.05) is 45.6 Å². The number of carbonyl (C=O) groups excluding carboxylic acids is 6. The molecule has 15 nitrogen and oxygen atoms in total. The summed E-state index contributed by atoms with van der Waals surface area (Å²) < 4.78 is 16.1. The van der Waals surface area contributed by atoms with Crippen LogP contribution < -0.4 is 32.7 Å². The van der Waals surface area contributed by atoms with Gasteiger partial charge in [-0.3, -0.25) is 19.2 Å². The first-order chi connectivity index (χ1) is 25.9. The van der Waals surface area contributed by atoms with Crippen molar-refractivity contribution >= 4 is 35.6 Å². The van der Waals surface area contributed by atoms with Gasteiger partial charge in [-0.2, -0.15) is 0 Å². The Balaban J connectivity index is 2.52. The minimum atomic E-state index is -0.919. The van der Waals surface area contributed by atoms with Crippen LogP contribution in [-0.2, 0) is 40.0 Å². The number of unbranched alkanes of at least 4 members (excludes halogenated alkanes) is 3. The molecule has 0 aromatic heterocycles. The van der Waals surface area contributed by atoms with Gasteiger partial charge in [0.1, 0.15) is 17.1 Å². The fourth-order valence-corrected chi connectivity index (χ4v) is 5.26. The number of hydrogen-bond acceptors (Lipinski definition) is 11. The fourth-order valence-electron chi connectivity index (χ4n) is 5.26. The molecule has 4 amide bonds. The summed E-state index contributed by atoms with van der Waals surface area (Å²) in [5, 5.41) is 10.7. The van der Waals surface area contributed by atoms with Gasteiger partial charge < -0.3 is 46.9 Å². The monoisotopic (exact) mass is 777 g/mol.